The second kappa shape index (κ2) is 5.95. The van der Waals surface area contributed by atoms with Crippen LogP contribution in [0, 0.1) is 0 Å². The van der Waals surface area contributed by atoms with E-state index in [1.165, 1.54) is 12.1 Å². The number of nitrogens with two attached hydrogens (primary N) is 1. The number of nitrogen functional groups attached to an aromatic ring is 1. The Kier molecular flexibility index (Phi) is 4.50. The lowest BCUT2D eigenvalue weighted by Crippen LogP contribution is -2.27. The first-order valence-corrected chi connectivity index (χ1v) is 7.91. The number of rotatable bonds is 3. The molecule has 19 heavy (non-hydrogen) atoms. The molecule has 2 rings (SSSR count). The number of ether oxygens (including phenoxy) is 1. The molecular weight excluding hydrogens is 256 g/mol. The quantitative estimate of drug-likeness (QED) is 0.861. The molecule has 0 atom stereocenters. The first kappa shape index (κ1) is 14.4. The van der Waals surface area contributed by atoms with E-state index >= 15 is 0 Å². The van der Waals surface area contributed by atoms with Crippen molar-refractivity contribution in [3.05, 3.63) is 18.2 Å². The fourth-order valence-electron chi connectivity index (χ4n) is 2.32. The van der Waals surface area contributed by atoms with Crippen LogP contribution in [0.15, 0.2) is 18.2 Å². The summed E-state index contributed by atoms with van der Waals surface area (Å²) in [5.41, 5.74) is 7.93. The highest BCUT2D eigenvalue weighted by Gasteiger charge is 2.24. The fourth-order valence-corrected chi connectivity index (χ4v) is 3.42. The lowest BCUT2D eigenvalue weighted by molar-refractivity contribution is 0.340. The number of thioether (sulfide) groups is 1. The molecule has 1 aromatic rings. The Morgan fingerprint density at radius 2 is 2.11 bits per heavy atom. The number of hydrogen-bond acceptors (Lipinski definition) is 4. The highest BCUT2D eigenvalue weighted by molar-refractivity contribution is 8.00. The fraction of sp³-hybridized carbons (Fsp3) is 0.600. The van der Waals surface area contributed by atoms with Crippen molar-refractivity contribution < 1.29 is 4.74 Å². The Morgan fingerprint density at radius 3 is 2.84 bits per heavy atom. The topological polar surface area (TPSA) is 38.5 Å². The molecule has 4 heteroatoms. The Bertz CT molecular complexity index is 434. The van der Waals surface area contributed by atoms with Gasteiger partial charge in [-0.2, -0.15) is 11.8 Å². The molecule has 1 fully saturated rings. The maximum absolute atomic E-state index is 5.98. The van der Waals surface area contributed by atoms with Gasteiger partial charge >= 0.3 is 0 Å². The van der Waals surface area contributed by atoms with Gasteiger partial charge in [-0.25, -0.2) is 0 Å². The average molecular weight is 280 g/mol. The molecule has 1 saturated heterocycles. The van der Waals surface area contributed by atoms with Crippen LogP contribution >= 0.6 is 11.8 Å². The lowest BCUT2D eigenvalue weighted by Gasteiger charge is -2.25. The minimum atomic E-state index is 0.373. The molecule has 0 aliphatic carbocycles. The van der Waals surface area contributed by atoms with Crippen LogP contribution in [0.5, 0.6) is 5.75 Å². The zero-order chi connectivity index (χ0) is 13.9. The van der Waals surface area contributed by atoms with Gasteiger partial charge in [0.1, 0.15) is 5.75 Å². The molecule has 0 saturated carbocycles. The molecule has 0 unspecified atom stereocenters. The van der Waals surface area contributed by atoms with E-state index in [-0.39, 0.29) is 0 Å². The first-order valence-electron chi connectivity index (χ1n) is 6.92. The molecule has 1 aromatic carbocycles. The Hall–Kier alpha value is -1.03. The van der Waals surface area contributed by atoms with E-state index in [9.17, 15) is 0 Å². The van der Waals surface area contributed by atoms with Crippen molar-refractivity contribution in [2.75, 3.05) is 36.1 Å². The first-order chi connectivity index (χ1) is 9.00. The molecule has 106 valence electrons. The van der Waals surface area contributed by atoms with E-state index < -0.39 is 0 Å². The maximum Gasteiger partial charge on any atom is 0.123 e. The van der Waals surface area contributed by atoms with Crippen molar-refractivity contribution in [1.82, 2.24) is 0 Å². The van der Waals surface area contributed by atoms with Crippen molar-refractivity contribution >= 4 is 23.1 Å². The number of anilines is 2. The van der Waals surface area contributed by atoms with Gasteiger partial charge in [-0.15, -0.1) is 0 Å². The summed E-state index contributed by atoms with van der Waals surface area (Å²) in [6.45, 7) is 9.47. The van der Waals surface area contributed by atoms with E-state index in [2.05, 4.69) is 36.6 Å². The van der Waals surface area contributed by atoms with Crippen LogP contribution < -0.4 is 15.4 Å². The summed E-state index contributed by atoms with van der Waals surface area (Å²) in [6.07, 6.45) is 1.19. The molecule has 0 amide bonds. The molecule has 1 aliphatic rings. The molecule has 0 spiro atoms. The summed E-state index contributed by atoms with van der Waals surface area (Å²) in [5, 5.41) is 0. The Labute approximate surface area is 120 Å². The van der Waals surface area contributed by atoms with Gasteiger partial charge in [0.2, 0.25) is 0 Å². The predicted molar refractivity (Wildman–Crippen MR) is 85.4 cm³/mol. The highest BCUT2D eigenvalue weighted by Crippen LogP contribution is 2.33. The van der Waals surface area contributed by atoms with Crippen LogP contribution in [0.25, 0.3) is 0 Å². The van der Waals surface area contributed by atoms with Crippen molar-refractivity contribution in [1.29, 1.82) is 0 Å². The third-order valence-corrected chi connectivity index (χ3v) is 4.80. The second-order valence-electron chi connectivity index (χ2n) is 5.54. The molecule has 2 N–H and O–H groups in total. The van der Waals surface area contributed by atoms with E-state index in [1.807, 2.05) is 19.1 Å². The van der Waals surface area contributed by atoms with Gasteiger partial charge in [0.15, 0.2) is 0 Å². The van der Waals surface area contributed by atoms with Crippen molar-refractivity contribution in [2.45, 2.75) is 31.9 Å². The maximum atomic E-state index is 5.98. The number of nitrogens with zero attached hydrogens (tertiary/aromatic N) is 1. The van der Waals surface area contributed by atoms with E-state index in [4.69, 9.17) is 10.5 Å². The standard InChI is InChI=1S/C15H24N2OS/c1-4-18-14-10-12(16)9-13(11-14)17-6-5-15(2,3)19-8-7-17/h9-11H,4-8,16H2,1-3H3. The predicted octanol–water partition coefficient (Wildman–Crippen LogP) is 3.39. The summed E-state index contributed by atoms with van der Waals surface area (Å²) >= 11 is 2.05. The van der Waals surface area contributed by atoms with Crippen LogP contribution in [-0.2, 0) is 0 Å². The van der Waals surface area contributed by atoms with Crippen molar-refractivity contribution in [3.8, 4) is 5.75 Å². The normalized spacial score (nSPS) is 19.0. The van der Waals surface area contributed by atoms with Gasteiger partial charge in [0.05, 0.1) is 6.61 Å². The highest BCUT2D eigenvalue weighted by atomic mass is 32.2. The average Bonchev–Trinajstić information content (AvgIpc) is 2.50. The van der Waals surface area contributed by atoms with Crippen LogP contribution in [-0.4, -0.2) is 30.2 Å². The molecular formula is C15H24N2OS. The molecule has 1 heterocycles. The zero-order valence-corrected chi connectivity index (χ0v) is 12.9. The SMILES string of the molecule is CCOc1cc(N)cc(N2CCSC(C)(C)CC2)c1. The monoisotopic (exact) mass is 280 g/mol. The summed E-state index contributed by atoms with van der Waals surface area (Å²) in [7, 11) is 0. The van der Waals surface area contributed by atoms with Crippen LogP contribution in [0.3, 0.4) is 0 Å². The second-order valence-corrected chi connectivity index (χ2v) is 7.34. The van der Waals surface area contributed by atoms with Crippen LogP contribution in [0.4, 0.5) is 11.4 Å². The van der Waals surface area contributed by atoms with E-state index in [1.54, 1.807) is 0 Å². The summed E-state index contributed by atoms with van der Waals surface area (Å²) < 4.78 is 5.95. The van der Waals surface area contributed by atoms with Gasteiger partial charge in [-0.1, -0.05) is 13.8 Å². The lowest BCUT2D eigenvalue weighted by atomic mass is 10.1. The summed E-state index contributed by atoms with van der Waals surface area (Å²) in [4.78, 5) is 2.42. The smallest absolute Gasteiger partial charge is 0.123 e. The third-order valence-electron chi connectivity index (χ3n) is 3.43. The molecule has 0 aromatic heterocycles. The van der Waals surface area contributed by atoms with Crippen molar-refractivity contribution in [3.63, 3.8) is 0 Å². The van der Waals surface area contributed by atoms with Gasteiger partial charge < -0.3 is 15.4 Å². The molecule has 3 nitrogen and oxygen atoms in total. The van der Waals surface area contributed by atoms with E-state index in [0.29, 0.717) is 11.4 Å². The molecule has 1 aliphatic heterocycles. The van der Waals surface area contributed by atoms with Crippen LogP contribution in [0.1, 0.15) is 27.2 Å². The molecule has 0 radical (unpaired) electrons. The third kappa shape index (κ3) is 3.96. The van der Waals surface area contributed by atoms with Crippen molar-refractivity contribution in [2.24, 2.45) is 0 Å². The van der Waals surface area contributed by atoms with Gasteiger partial charge in [-0.05, 0) is 19.4 Å². The van der Waals surface area contributed by atoms with Gasteiger partial charge in [-0.3, -0.25) is 0 Å². The Balaban J connectivity index is 2.16. The Morgan fingerprint density at radius 1 is 1.32 bits per heavy atom. The van der Waals surface area contributed by atoms with E-state index in [0.717, 1.165) is 30.3 Å². The summed E-state index contributed by atoms with van der Waals surface area (Å²) in [6, 6.07) is 6.04. The minimum Gasteiger partial charge on any atom is -0.494 e. The number of hydrogen-bond donors (Lipinski definition) is 1. The van der Waals surface area contributed by atoms with Crippen LogP contribution in [0.2, 0.25) is 0 Å². The molecule has 0 bridgehead atoms. The van der Waals surface area contributed by atoms with Gasteiger partial charge in [0, 0.05) is 47.1 Å². The summed E-state index contributed by atoms with van der Waals surface area (Å²) in [5.74, 6) is 2.03. The van der Waals surface area contributed by atoms with Gasteiger partial charge in [0.25, 0.3) is 0 Å². The largest absolute Gasteiger partial charge is 0.494 e. The number of benzene rings is 1. The zero-order valence-electron chi connectivity index (χ0n) is 12.1. The minimum absolute atomic E-state index is 0.373.